The molecule has 0 aromatic carbocycles. The minimum Gasteiger partial charge on any atom is -0.317 e. The average molecular weight is 252 g/mol. The summed E-state index contributed by atoms with van der Waals surface area (Å²) in [5.41, 5.74) is 0.769. The zero-order chi connectivity index (χ0) is 13.6. The lowest BCUT2D eigenvalue weighted by atomic mass is 9.78. The van der Waals surface area contributed by atoms with E-state index < -0.39 is 0 Å². The van der Waals surface area contributed by atoms with Gasteiger partial charge in [0.2, 0.25) is 0 Å². The summed E-state index contributed by atoms with van der Waals surface area (Å²) in [6.45, 7) is 12.0. The van der Waals surface area contributed by atoms with Crippen LogP contribution in [0, 0.1) is 5.41 Å². The molecule has 0 amide bonds. The van der Waals surface area contributed by atoms with Crippen molar-refractivity contribution in [1.82, 2.24) is 10.2 Å². The minimum atomic E-state index is 0.350. The van der Waals surface area contributed by atoms with E-state index in [0.29, 0.717) is 11.0 Å². The van der Waals surface area contributed by atoms with Gasteiger partial charge < -0.3 is 5.32 Å². The van der Waals surface area contributed by atoms with Gasteiger partial charge in [-0.3, -0.25) is 4.90 Å². The first-order chi connectivity index (χ1) is 8.23. The Labute approximate surface area is 114 Å². The Morgan fingerprint density at radius 2 is 1.50 bits per heavy atom. The zero-order valence-electron chi connectivity index (χ0n) is 13.2. The predicted octanol–water partition coefficient (Wildman–Crippen LogP) is 3.42. The predicted molar refractivity (Wildman–Crippen MR) is 78.9 cm³/mol. The molecule has 18 heavy (non-hydrogen) atoms. The van der Waals surface area contributed by atoms with Crippen molar-refractivity contribution in [2.75, 3.05) is 7.05 Å². The van der Waals surface area contributed by atoms with Crippen molar-refractivity contribution in [3.63, 3.8) is 0 Å². The summed E-state index contributed by atoms with van der Waals surface area (Å²) < 4.78 is 0. The number of rotatable bonds is 3. The number of fused-ring (bicyclic) bond motifs is 2. The Hall–Kier alpha value is -0.0800. The molecule has 2 atom stereocenters. The third-order valence-electron chi connectivity index (χ3n) is 4.80. The molecule has 2 heteroatoms. The number of hydrogen-bond acceptors (Lipinski definition) is 2. The van der Waals surface area contributed by atoms with Crippen LogP contribution in [0.15, 0.2) is 0 Å². The first kappa shape index (κ1) is 14.3. The van der Waals surface area contributed by atoms with Crippen molar-refractivity contribution in [3.8, 4) is 0 Å². The summed E-state index contributed by atoms with van der Waals surface area (Å²) >= 11 is 0. The quantitative estimate of drug-likeness (QED) is 0.828. The fourth-order valence-corrected chi connectivity index (χ4v) is 4.79. The minimum absolute atomic E-state index is 0.350. The Kier molecular flexibility index (Phi) is 3.81. The average Bonchev–Trinajstić information content (AvgIpc) is 2.48. The van der Waals surface area contributed by atoms with E-state index in [1.54, 1.807) is 0 Å². The molecule has 0 spiro atoms. The van der Waals surface area contributed by atoms with Gasteiger partial charge in [-0.15, -0.1) is 0 Å². The molecule has 0 aromatic heterocycles. The van der Waals surface area contributed by atoms with Gasteiger partial charge in [0, 0.05) is 23.7 Å². The van der Waals surface area contributed by atoms with Crippen molar-refractivity contribution in [2.45, 2.75) is 90.4 Å². The molecular weight excluding hydrogens is 220 g/mol. The fraction of sp³-hybridized carbons (Fsp3) is 1.00. The van der Waals surface area contributed by atoms with Crippen LogP contribution >= 0.6 is 0 Å². The Morgan fingerprint density at radius 3 is 1.89 bits per heavy atom. The molecule has 2 bridgehead atoms. The van der Waals surface area contributed by atoms with E-state index >= 15 is 0 Å². The highest BCUT2D eigenvalue weighted by Gasteiger charge is 2.47. The maximum absolute atomic E-state index is 3.50. The van der Waals surface area contributed by atoms with Crippen LogP contribution in [0.5, 0.6) is 0 Å². The SMILES string of the molecule is CNC1CC2CCC(C1)N2C(C)(C)CC(C)(C)C. The first-order valence-corrected chi connectivity index (χ1v) is 7.69. The molecule has 2 rings (SSSR count). The highest BCUT2D eigenvalue weighted by molar-refractivity contribution is 5.03. The van der Waals surface area contributed by atoms with E-state index in [4.69, 9.17) is 0 Å². The Balaban J connectivity index is 2.10. The van der Waals surface area contributed by atoms with E-state index in [0.717, 1.165) is 18.1 Å². The lowest BCUT2D eigenvalue weighted by Crippen LogP contribution is -2.57. The summed E-state index contributed by atoms with van der Waals surface area (Å²) in [7, 11) is 2.13. The number of nitrogens with one attached hydrogen (secondary N) is 1. The maximum Gasteiger partial charge on any atom is 0.0164 e. The number of piperidine rings is 1. The second-order valence-corrected chi connectivity index (χ2v) is 8.30. The van der Waals surface area contributed by atoms with Crippen LogP contribution in [-0.4, -0.2) is 35.6 Å². The van der Waals surface area contributed by atoms with E-state index in [2.05, 4.69) is 51.9 Å². The van der Waals surface area contributed by atoms with Gasteiger partial charge in [0.1, 0.15) is 0 Å². The third-order valence-corrected chi connectivity index (χ3v) is 4.80. The van der Waals surface area contributed by atoms with Gasteiger partial charge in [0.25, 0.3) is 0 Å². The molecular formula is C16H32N2. The van der Waals surface area contributed by atoms with Crippen molar-refractivity contribution in [1.29, 1.82) is 0 Å². The second-order valence-electron chi connectivity index (χ2n) is 8.30. The molecule has 2 nitrogen and oxygen atoms in total. The Bertz CT molecular complexity index is 276. The van der Waals surface area contributed by atoms with Crippen LogP contribution in [0.3, 0.4) is 0 Å². The molecule has 1 N–H and O–H groups in total. The third kappa shape index (κ3) is 2.91. The number of hydrogen-bond donors (Lipinski definition) is 1. The van der Waals surface area contributed by atoms with Crippen molar-refractivity contribution in [3.05, 3.63) is 0 Å². The highest BCUT2D eigenvalue weighted by Crippen LogP contribution is 2.44. The lowest BCUT2D eigenvalue weighted by Gasteiger charge is -2.50. The summed E-state index contributed by atoms with van der Waals surface area (Å²) in [6, 6.07) is 2.39. The zero-order valence-corrected chi connectivity index (χ0v) is 13.2. The van der Waals surface area contributed by atoms with E-state index in [1.807, 2.05) is 0 Å². The molecule has 2 aliphatic heterocycles. The van der Waals surface area contributed by atoms with Crippen molar-refractivity contribution in [2.24, 2.45) is 5.41 Å². The van der Waals surface area contributed by atoms with Crippen LogP contribution in [-0.2, 0) is 0 Å². The molecule has 2 unspecified atom stereocenters. The van der Waals surface area contributed by atoms with Crippen LogP contribution in [0.4, 0.5) is 0 Å². The van der Waals surface area contributed by atoms with E-state index in [-0.39, 0.29) is 0 Å². The molecule has 0 saturated carbocycles. The molecule has 0 aliphatic carbocycles. The summed E-state index contributed by atoms with van der Waals surface area (Å²) in [5, 5.41) is 3.50. The molecule has 2 aliphatic rings. The van der Waals surface area contributed by atoms with Gasteiger partial charge in [-0.25, -0.2) is 0 Å². The van der Waals surface area contributed by atoms with Gasteiger partial charge in [0.15, 0.2) is 0 Å². The van der Waals surface area contributed by atoms with Crippen molar-refractivity contribution < 1.29 is 0 Å². The highest BCUT2D eigenvalue weighted by atomic mass is 15.3. The molecule has 0 radical (unpaired) electrons. The van der Waals surface area contributed by atoms with Crippen LogP contribution in [0.1, 0.15) is 66.7 Å². The van der Waals surface area contributed by atoms with Crippen LogP contribution < -0.4 is 5.32 Å². The second kappa shape index (κ2) is 4.79. The molecule has 0 aromatic rings. The number of nitrogens with zero attached hydrogens (tertiary/aromatic N) is 1. The van der Waals surface area contributed by atoms with Gasteiger partial charge in [-0.2, -0.15) is 0 Å². The topological polar surface area (TPSA) is 15.3 Å². The normalized spacial score (nSPS) is 34.0. The molecule has 2 saturated heterocycles. The summed E-state index contributed by atoms with van der Waals surface area (Å²) in [6.07, 6.45) is 6.81. The van der Waals surface area contributed by atoms with Gasteiger partial charge >= 0.3 is 0 Å². The van der Waals surface area contributed by atoms with E-state index in [9.17, 15) is 0 Å². The van der Waals surface area contributed by atoms with Crippen molar-refractivity contribution >= 4 is 0 Å². The van der Waals surface area contributed by atoms with Gasteiger partial charge in [-0.05, 0) is 58.4 Å². The van der Waals surface area contributed by atoms with Gasteiger partial charge in [-0.1, -0.05) is 20.8 Å². The largest absolute Gasteiger partial charge is 0.317 e. The monoisotopic (exact) mass is 252 g/mol. The van der Waals surface area contributed by atoms with Crippen LogP contribution in [0.2, 0.25) is 0 Å². The maximum atomic E-state index is 3.50. The fourth-order valence-electron chi connectivity index (χ4n) is 4.79. The van der Waals surface area contributed by atoms with E-state index in [1.165, 1.54) is 32.1 Å². The summed E-state index contributed by atoms with van der Waals surface area (Å²) in [5.74, 6) is 0. The standard InChI is InChI=1S/C16H32N2/c1-15(2,3)11-16(4,5)18-13-7-8-14(18)10-12(9-13)17-6/h12-14,17H,7-11H2,1-6H3. The Morgan fingerprint density at radius 1 is 1.00 bits per heavy atom. The molecule has 106 valence electrons. The molecule has 2 heterocycles. The smallest absolute Gasteiger partial charge is 0.0164 e. The first-order valence-electron chi connectivity index (χ1n) is 7.69. The summed E-state index contributed by atoms with van der Waals surface area (Å²) in [4.78, 5) is 2.87. The lowest BCUT2D eigenvalue weighted by molar-refractivity contribution is -0.00105. The van der Waals surface area contributed by atoms with Gasteiger partial charge in [0.05, 0.1) is 0 Å². The molecule has 2 fully saturated rings. The van der Waals surface area contributed by atoms with Crippen LogP contribution in [0.25, 0.3) is 0 Å².